The van der Waals surface area contributed by atoms with Crippen molar-refractivity contribution in [3.05, 3.63) is 65.7 Å². The Morgan fingerprint density at radius 1 is 1.05 bits per heavy atom. The lowest BCUT2D eigenvalue weighted by Gasteiger charge is -2.13. The van der Waals surface area contributed by atoms with Crippen LogP contribution in [0.25, 0.3) is 0 Å². The second-order valence-electron chi connectivity index (χ2n) is 4.38. The molecule has 0 spiro atoms. The third kappa shape index (κ3) is 4.09. The van der Waals surface area contributed by atoms with Gasteiger partial charge in [0.15, 0.2) is 0 Å². The standard InChI is InChI=1S/C16H19NO2/c1-18-15-9-5-8-14(10-15)16(17)12-19-11-13-6-3-2-4-7-13/h2-10,16H,11-12,17H2,1H3. The highest BCUT2D eigenvalue weighted by atomic mass is 16.5. The van der Waals surface area contributed by atoms with Crippen LogP contribution in [0, 0.1) is 0 Å². The van der Waals surface area contributed by atoms with Gasteiger partial charge in [-0.15, -0.1) is 0 Å². The molecule has 1 atom stereocenters. The number of methoxy groups -OCH3 is 1. The predicted octanol–water partition coefficient (Wildman–Crippen LogP) is 2.91. The molecule has 19 heavy (non-hydrogen) atoms. The lowest BCUT2D eigenvalue weighted by Crippen LogP contribution is -2.17. The van der Waals surface area contributed by atoms with E-state index in [0.717, 1.165) is 16.9 Å². The Hall–Kier alpha value is -1.84. The number of rotatable bonds is 6. The smallest absolute Gasteiger partial charge is 0.119 e. The van der Waals surface area contributed by atoms with E-state index in [1.165, 1.54) is 0 Å². The number of benzene rings is 2. The van der Waals surface area contributed by atoms with Crippen LogP contribution in [0.4, 0.5) is 0 Å². The average molecular weight is 257 g/mol. The quantitative estimate of drug-likeness (QED) is 0.865. The summed E-state index contributed by atoms with van der Waals surface area (Å²) in [6, 6.07) is 17.7. The van der Waals surface area contributed by atoms with Crippen LogP contribution in [0.15, 0.2) is 54.6 Å². The zero-order valence-electron chi connectivity index (χ0n) is 11.1. The van der Waals surface area contributed by atoms with Gasteiger partial charge in [-0.05, 0) is 23.3 Å². The summed E-state index contributed by atoms with van der Waals surface area (Å²) in [4.78, 5) is 0. The SMILES string of the molecule is COc1cccc(C(N)COCc2ccccc2)c1. The molecule has 1 unspecified atom stereocenters. The Balaban J connectivity index is 1.85. The summed E-state index contributed by atoms with van der Waals surface area (Å²) in [5.41, 5.74) is 8.28. The van der Waals surface area contributed by atoms with E-state index in [1.807, 2.05) is 54.6 Å². The normalized spacial score (nSPS) is 12.1. The van der Waals surface area contributed by atoms with Gasteiger partial charge in [0.1, 0.15) is 5.75 Å². The third-order valence-electron chi connectivity index (χ3n) is 2.93. The molecule has 0 fully saturated rings. The average Bonchev–Trinajstić information content (AvgIpc) is 2.48. The molecule has 0 aliphatic carbocycles. The summed E-state index contributed by atoms with van der Waals surface area (Å²) >= 11 is 0. The topological polar surface area (TPSA) is 44.5 Å². The Morgan fingerprint density at radius 3 is 2.58 bits per heavy atom. The van der Waals surface area contributed by atoms with Gasteiger partial charge in [-0.2, -0.15) is 0 Å². The van der Waals surface area contributed by atoms with Crippen molar-refractivity contribution >= 4 is 0 Å². The van der Waals surface area contributed by atoms with Crippen LogP contribution in [-0.2, 0) is 11.3 Å². The van der Waals surface area contributed by atoms with Gasteiger partial charge < -0.3 is 15.2 Å². The minimum atomic E-state index is -0.140. The lowest BCUT2D eigenvalue weighted by atomic mass is 10.1. The Kier molecular flexibility index (Phi) is 4.95. The zero-order chi connectivity index (χ0) is 13.5. The predicted molar refractivity (Wildman–Crippen MR) is 76.0 cm³/mol. The fraction of sp³-hybridized carbons (Fsp3) is 0.250. The van der Waals surface area contributed by atoms with Gasteiger partial charge in [-0.25, -0.2) is 0 Å². The van der Waals surface area contributed by atoms with Crippen molar-refractivity contribution in [2.75, 3.05) is 13.7 Å². The first-order valence-corrected chi connectivity index (χ1v) is 6.31. The molecule has 2 aromatic carbocycles. The molecule has 0 aliphatic rings. The van der Waals surface area contributed by atoms with Crippen LogP contribution in [0.5, 0.6) is 5.75 Å². The van der Waals surface area contributed by atoms with Gasteiger partial charge in [0.05, 0.1) is 26.4 Å². The van der Waals surface area contributed by atoms with Crippen LogP contribution in [0.1, 0.15) is 17.2 Å². The van der Waals surface area contributed by atoms with Crippen LogP contribution < -0.4 is 10.5 Å². The van der Waals surface area contributed by atoms with Crippen LogP contribution in [-0.4, -0.2) is 13.7 Å². The first-order chi connectivity index (χ1) is 9.29. The van der Waals surface area contributed by atoms with Crippen molar-refractivity contribution in [2.24, 2.45) is 5.73 Å². The summed E-state index contributed by atoms with van der Waals surface area (Å²) in [6.45, 7) is 1.07. The highest BCUT2D eigenvalue weighted by Gasteiger charge is 2.07. The van der Waals surface area contributed by atoms with Crippen molar-refractivity contribution in [1.29, 1.82) is 0 Å². The van der Waals surface area contributed by atoms with E-state index in [4.69, 9.17) is 15.2 Å². The summed E-state index contributed by atoms with van der Waals surface area (Å²) < 4.78 is 10.8. The second-order valence-corrected chi connectivity index (χ2v) is 4.38. The highest BCUT2D eigenvalue weighted by molar-refractivity contribution is 5.30. The molecule has 0 amide bonds. The summed E-state index contributed by atoms with van der Waals surface area (Å²) in [7, 11) is 1.65. The summed E-state index contributed by atoms with van der Waals surface area (Å²) in [5, 5.41) is 0. The van der Waals surface area contributed by atoms with E-state index in [-0.39, 0.29) is 6.04 Å². The van der Waals surface area contributed by atoms with Gasteiger partial charge in [0, 0.05) is 0 Å². The minimum absolute atomic E-state index is 0.140. The maximum atomic E-state index is 6.10. The van der Waals surface area contributed by atoms with E-state index in [2.05, 4.69) is 0 Å². The van der Waals surface area contributed by atoms with E-state index in [0.29, 0.717) is 13.2 Å². The van der Waals surface area contributed by atoms with Crippen LogP contribution in [0.3, 0.4) is 0 Å². The number of hydrogen-bond acceptors (Lipinski definition) is 3. The lowest BCUT2D eigenvalue weighted by molar-refractivity contribution is 0.108. The van der Waals surface area contributed by atoms with Crippen molar-refractivity contribution in [1.82, 2.24) is 0 Å². The highest BCUT2D eigenvalue weighted by Crippen LogP contribution is 2.18. The first-order valence-electron chi connectivity index (χ1n) is 6.31. The van der Waals surface area contributed by atoms with Gasteiger partial charge in [-0.3, -0.25) is 0 Å². The molecule has 3 nitrogen and oxygen atoms in total. The first kappa shape index (κ1) is 13.6. The van der Waals surface area contributed by atoms with Crippen molar-refractivity contribution in [3.63, 3.8) is 0 Å². The molecule has 3 heteroatoms. The van der Waals surface area contributed by atoms with Crippen LogP contribution in [0.2, 0.25) is 0 Å². The molecule has 0 radical (unpaired) electrons. The molecule has 100 valence electrons. The molecule has 2 rings (SSSR count). The van der Waals surface area contributed by atoms with E-state index in [9.17, 15) is 0 Å². The Morgan fingerprint density at radius 2 is 1.84 bits per heavy atom. The van der Waals surface area contributed by atoms with Crippen molar-refractivity contribution in [2.45, 2.75) is 12.6 Å². The zero-order valence-corrected chi connectivity index (χ0v) is 11.1. The molecule has 0 aliphatic heterocycles. The molecular weight excluding hydrogens is 238 g/mol. The second kappa shape index (κ2) is 6.92. The number of ether oxygens (including phenoxy) is 2. The molecule has 2 N–H and O–H groups in total. The number of nitrogens with two attached hydrogens (primary N) is 1. The maximum absolute atomic E-state index is 6.10. The summed E-state index contributed by atoms with van der Waals surface area (Å²) in [5.74, 6) is 0.816. The third-order valence-corrected chi connectivity index (χ3v) is 2.93. The molecule has 0 aromatic heterocycles. The van der Waals surface area contributed by atoms with E-state index < -0.39 is 0 Å². The van der Waals surface area contributed by atoms with Gasteiger partial charge in [-0.1, -0.05) is 42.5 Å². The molecule has 0 heterocycles. The van der Waals surface area contributed by atoms with E-state index >= 15 is 0 Å². The molecule has 2 aromatic rings. The number of hydrogen-bond donors (Lipinski definition) is 1. The fourth-order valence-electron chi connectivity index (χ4n) is 1.85. The van der Waals surface area contributed by atoms with Gasteiger partial charge >= 0.3 is 0 Å². The fourth-order valence-corrected chi connectivity index (χ4v) is 1.85. The monoisotopic (exact) mass is 257 g/mol. The maximum Gasteiger partial charge on any atom is 0.119 e. The van der Waals surface area contributed by atoms with Crippen molar-refractivity contribution in [3.8, 4) is 5.75 Å². The van der Waals surface area contributed by atoms with E-state index in [1.54, 1.807) is 7.11 Å². The molecule has 0 saturated heterocycles. The molecule has 0 bridgehead atoms. The largest absolute Gasteiger partial charge is 0.497 e. The van der Waals surface area contributed by atoms with Gasteiger partial charge in [0.2, 0.25) is 0 Å². The molecule has 0 saturated carbocycles. The molecular formula is C16H19NO2. The van der Waals surface area contributed by atoms with Crippen molar-refractivity contribution < 1.29 is 9.47 Å². The Bertz CT molecular complexity index is 499. The Labute approximate surface area is 114 Å². The minimum Gasteiger partial charge on any atom is -0.497 e. The summed E-state index contributed by atoms with van der Waals surface area (Å²) in [6.07, 6.45) is 0. The van der Waals surface area contributed by atoms with Crippen LogP contribution >= 0.6 is 0 Å². The van der Waals surface area contributed by atoms with Gasteiger partial charge in [0.25, 0.3) is 0 Å².